The zero-order valence-electron chi connectivity index (χ0n) is 14.0. The molecular weight excluding hydrogens is 288 g/mol. The molecule has 1 atom stereocenters. The molecule has 1 heterocycles. The lowest BCUT2D eigenvalue weighted by Gasteiger charge is -2.30. The molecule has 1 aliphatic rings. The van der Waals surface area contributed by atoms with E-state index in [4.69, 9.17) is 11.2 Å². The van der Waals surface area contributed by atoms with E-state index in [9.17, 15) is 4.79 Å². The van der Waals surface area contributed by atoms with Crippen molar-refractivity contribution in [1.82, 2.24) is 4.90 Å². The van der Waals surface area contributed by atoms with Gasteiger partial charge in [-0.25, -0.2) is 4.79 Å². The first-order chi connectivity index (χ1) is 11.1. The summed E-state index contributed by atoms with van der Waals surface area (Å²) in [6, 6.07) is 7.87. The highest BCUT2D eigenvalue weighted by molar-refractivity contribution is 5.84. The lowest BCUT2D eigenvalue weighted by molar-refractivity contribution is 0.103. The molecule has 23 heavy (non-hydrogen) atoms. The van der Waals surface area contributed by atoms with Crippen molar-refractivity contribution in [3.05, 3.63) is 29.8 Å². The fourth-order valence-corrected chi connectivity index (χ4v) is 2.86. The summed E-state index contributed by atoms with van der Waals surface area (Å²) in [4.78, 5) is 14.1. The predicted octanol–water partition coefficient (Wildman–Crippen LogP) is 3.70. The average Bonchev–Trinajstić information content (AvgIpc) is 2.54. The zero-order valence-corrected chi connectivity index (χ0v) is 14.0. The molecule has 1 fully saturated rings. The van der Waals surface area contributed by atoms with Crippen molar-refractivity contribution in [3.63, 3.8) is 0 Å². The van der Waals surface area contributed by atoms with Gasteiger partial charge in [-0.2, -0.15) is 0 Å². The Hall–Kier alpha value is -1.99. The third-order valence-electron chi connectivity index (χ3n) is 4.19. The number of ether oxygens (including phenoxy) is 1. The quantitative estimate of drug-likeness (QED) is 0.843. The van der Waals surface area contributed by atoms with Crippen LogP contribution < -0.4 is 5.32 Å². The maximum Gasteiger partial charge on any atom is 0.411 e. The second kappa shape index (κ2) is 8.59. The number of nitrogens with one attached hydrogen (secondary N) is 1. The van der Waals surface area contributed by atoms with Crippen LogP contribution in [0.4, 0.5) is 10.5 Å². The van der Waals surface area contributed by atoms with Crippen LogP contribution in [0.15, 0.2) is 24.3 Å². The van der Waals surface area contributed by atoms with Crippen LogP contribution in [0, 0.1) is 18.3 Å². The number of carbonyl (C=O) groups excluding carboxylic acids is 1. The second-order valence-electron chi connectivity index (χ2n) is 6.45. The Kier molecular flexibility index (Phi) is 6.49. The van der Waals surface area contributed by atoms with Crippen LogP contribution in [0.3, 0.4) is 0 Å². The molecule has 0 saturated carbocycles. The number of hydrogen-bond acceptors (Lipinski definition) is 3. The van der Waals surface area contributed by atoms with Crippen molar-refractivity contribution in [3.8, 4) is 12.3 Å². The van der Waals surface area contributed by atoms with E-state index in [-0.39, 0.29) is 0 Å². The monoisotopic (exact) mass is 314 g/mol. The number of hydrogen-bond donors (Lipinski definition) is 1. The summed E-state index contributed by atoms with van der Waals surface area (Å²) >= 11 is 0. The molecular formula is C19H26N2O2. The van der Waals surface area contributed by atoms with Gasteiger partial charge < -0.3 is 4.74 Å². The van der Waals surface area contributed by atoms with Gasteiger partial charge >= 0.3 is 6.09 Å². The standard InChI is InChI=1S/C19H26N2O2/c1-4-11-21-12-5-6-16(13-21)14-23-19(22)20-18-9-7-17(8-10-18)15(2)3/h1,7-10,15-16H,5-6,11-14H2,2-3H3,(H,20,22). The van der Waals surface area contributed by atoms with Crippen molar-refractivity contribution < 1.29 is 9.53 Å². The van der Waals surface area contributed by atoms with Crippen LogP contribution in [-0.2, 0) is 4.74 Å². The van der Waals surface area contributed by atoms with Gasteiger partial charge in [0.25, 0.3) is 0 Å². The maximum atomic E-state index is 11.9. The highest BCUT2D eigenvalue weighted by Gasteiger charge is 2.20. The van der Waals surface area contributed by atoms with Crippen molar-refractivity contribution in [2.24, 2.45) is 5.92 Å². The molecule has 4 nitrogen and oxygen atoms in total. The third-order valence-corrected chi connectivity index (χ3v) is 4.19. The minimum Gasteiger partial charge on any atom is -0.449 e. The molecule has 0 bridgehead atoms. The minimum atomic E-state index is -0.392. The number of likely N-dealkylation sites (tertiary alicyclic amines) is 1. The number of piperidine rings is 1. The Morgan fingerprint density at radius 2 is 2.17 bits per heavy atom. The molecule has 1 N–H and O–H groups in total. The van der Waals surface area contributed by atoms with E-state index in [0.29, 0.717) is 25.0 Å². The van der Waals surface area contributed by atoms with Crippen LogP contribution in [0.5, 0.6) is 0 Å². The first-order valence-corrected chi connectivity index (χ1v) is 8.28. The molecule has 0 aromatic heterocycles. The minimum absolute atomic E-state index is 0.367. The second-order valence-corrected chi connectivity index (χ2v) is 6.45. The lowest BCUT2D eigenvalue weighted by Crippen LogP contribution is -2.37. The molecule has 1 aliphatic heterocycles. The van der Waals surface area contributed by atoms with Crippen molar-refractivity contribution in [1.29, 1.82) is 0 Å². The van der Waals surface area contributed by atoms with Crippen LogP contribution >= 0.6 is 0 Å². The highest BCUT2D eigenvalue weighted by Crippen LogP contribution is 2.18. The Morgan fingerprint density at radius 3 is 2.83 bits per heavy atom. The van der Waals surface area contributed by atoms with Gasteiger partial charge in [0.15, 0.2) is 0 Å². The normalized spacial score (nSPS) is 18.4. The number of anilines is 1. The van der Waals surface area contributed by atoms with Crippen molar-refractivity contribution in [2.45, 2.75) is 32.6 Å². The Labute approximate surface area is 139 Å². The SMILES string of the molecule is C#CCN1CCCC(COC(=O)Nc2ccc(C(C)C)cc2)C1. The zero-order chi connectivity index (χ0) is 16.7. The number of benzene rings is 1. The molecule has 124 valence electrons. The van der Waals surface area contributed by atoms with E-state index in [1.807, 2.05) is 24.3 Å². The molecule has 0 spiro atoms. The van der Waals surface area contributed by atoms with E-state index < -0.39 is 6.09 Å². The molecule has 1 amide bonds. The summed E-state index contributed by atoms with van der Waals surface area (Å²) < 4.78 is 5.36. The van der Waals surface area contributed by atoms with E-state index in [2.05, 4.69) is 30.0 Å². The van der Waals surface area contributed by atoms with Gasteiger partial charge in [0.05, 0.1) is 13.2 Å². The van der Waals surface area contributed by atoms with E-state index in [1.54, 1.807) is 0 Å². The van der Waals surface area contributed by atoms with Crippen LogP contribution in [0.1, 0.15) is 38.2 Å². The summed E-state index contributed by atoms with van der Waals surface area (Å²) in [7, 11) is 0. The van der Waals surface area contributed by atoms with Gasteiger partial charge in [-0.05, 0) is 43.0 Å². The maximum absolute atomic E-state index is 11.9. The molecule has 1 unspecified atom stereocenters. The Balaban J connectivity index is 1.75. The molecule has 1 saturated heterocycles. The van der Waals surface area contributed by atoms with Crippen LogP contribution in [0.2, 0.25) is 0 Å². The van der Waals surface area contributed by atoms with Gasteiger partial charge in [0.2, 0.25) is 0 Å². The molecule has 1 aromatic carbocycles. The third kappa shape index (κ3) is 5.61. The molecule has 2 rings (SSSR count). The summed E-state index contributed by atoms with van der Waals surface area (Å²) in [6.07, 6.45) is 7.15. The average molecular weight is 314 g/mol. The smallest absolute Gasteiger partial charge is 0.411 e. The number of amides is 1. The summed E-state index contributed by atoms with van der Waals surface area (Å²) in [6.45, 7) is 7.34. The summed E-state index contributed by atoms with van der Waals surface area (Å²) in [5, 5.41) is 2.78. The largest absolute Gasteiger partial charge is 0.449 e. The number of carbonyl (C=O) groups is 1. The van der Waals surface area contributed by atoms with Crippen LogP contribution in [0.25, 0.3) is 0 Å². The Morgan fingerprint density at radius 1 is 1.43 bits per heavy atom. The fraction of sp³-hybridized carbons (Fsp3) is 0.526. The fourth-order valence-electron chi connectivity index (χ4n) is 2.86. The van der Waals surface area contributed by atoms with Crippen LogP contribution in [-0.4, -0.2) is 37.2 Å². The molecule has 0 radical (unpaired) electrons. The Bertz CT molecular complexity index is 545. The number of nitrogens with zero attached hydrogens (tertiary/aromatic N) is 1. The van der Waals surface area contributed by atoms with Gasteiger partial charge in [0.1, 0.15) is 0 Å². The summed E-state index contributed by atoms with van der Waals surface area (Å²) in [5.41, 5.74) is 2.01. The van der Waals surface area contributed by atoms with Gasteiger partial charge in [0, 0.05) is 18.2 Å². The number of terminal acetylenes is 1. The molecule has 4 heteroatoms. The topological polar surface area (TPSA) is 41.6 Å². The number of rotatable bonds is 5. The van der Waals surface area contributed by atoms with Crippen molar-refractivity contribution in [2.75, 3.05) is 31.6 Å². The van der Waals surface area contributed by atoms with E-state index >= 15 is 0 Å². The molecule has 0 aliphatic carbocycles. The van der Waals surface area contributed by atoms with Gasteiger partial charge in [-0.1, -0.05) is 31.9 Å². The first kappa shape index (κ1) is 17.4. The predicted molar refractivity (Wildman–Crippen MR) is 93.5 cm³/mol. The summed E-state index contributed by atoms with van der Waals surface area (Å²) in [5.74, 6) is 3.52. The van der Waals surface area contributed by atoms with E-state index in [1.165, 1.54) is 5.56 Å². The first-order valence-electron chi connectivity index (χ1n) is 8.28. The lowest BCUT2D eigenvalue weighted by atomic mass is 9.99. The van der Waals surface area contributed by atoms with Gasteiger partial charge in [-0.15, -0.1) is 6.42 Å². The molecule has 1 aromatic rings. The van der Waals surface area contributed by atoms with E-state index in [0.717, 1.165) is 31.6 Å². The van der Waals surface area contributed by atoms with Gasteiger partial charge in [-0.3, -0.25) is 10.2 Å². The van der Waals surface area contributed by atoms with Crippen molar-refractivity contribution >= 4 is 11.8 Å². The highest BCUT2D eigenvalue weighted by atomic mass is 16.5.